The molecule has 0 saturated carbocycles. The molecular weight excluding hydrogens is 916 g/mol. The molecule has 7 rings (SSSR count). The van der Waals surface area contributed by atoms with Crippen molar-refractivity contribution in [2.75, 3.05) is 74.1 Å². The molecule has 68 heavy (non-hydrogen) atoms. The Morgan fingerprint density at radius 1 is 0.500 bits per heavy atom. The molecule has 0 radical (unpaired) electrons. The lowest BCUT2D eigenvalue weighted by Crippen LogP contribution is -2.38. The van der Waals surface area contributed by atoms with Crippen LogP contribution < -0.4 is 40.9 Å². The molecule has 1 aliphatic heterocycles. The molecule has 0 spiro atoms. The van der Waals surface area contributed by atoms with Gasteiger partial charge in [-0.2, -0.15) is 29.9 Å². The Balaban J connectivity index is 1.13. The van der Waals surface area contributed by atoms with Gasteiger partial charge < -0.3 is 50.3 Å². The topological polar surface area (TPSA) is 225 Å². The number of halogens is 2. The zero-order valence-electron chi connectivity index (χ0n) is 37.9. The number of anilines is 8. The van der Waals surface area contributed by atoms with Gasteiger partial charge in [-0.05, 0) is 84.6 Å². The van der Waals surface area contributed by atoms with E-state index in [0.717, 1.165) is 11.1 Å². The van der Waals surface area contributed by atoms with E-state index in [1.54, 1.807) is 84.2 Å². The SMILES string of the molecule is C[C@H](NC(=O)NCCOC(=O)c1cc2cc(c1)N(C)c1nc(Cl)nc(n1)N(C)c1cc(C(=O)OCCNC(=O)N[C@@H](C)c3ccccc3)cc(c1)N(C)c1nc(Cl)nc(n1)N2C)c1ccccc1. The summed E-state index contributed by atoms with van der Waals surface area (Å²) in [5.74, 6) is -0.958. The maximum Gasteiger partial charge on any atom is 0.338 e. The van der Waals surface area contributed by atoms with Crippen molar-refractivity contribution in [1.82, 2.24) is 51.2 Å². The van der Waals surface area contributed by atoms with E-state index >= 15 is 0 Å². The molecule has 0 saturated heterocycles. The minimum atomic E-state index is -0.685. The lowest BCUT2D eigenvalue weighted by atomic mass is 10.1. The van der Waals surface area contributed by atoms with Crippen LogP contribution in [0.1, 0.15) is 57.8 Å². The number of carbonyl (C=O) groups excluding carboxylic acids is 4. The Bertz CT molecular complexity index is 2510. The maximum absolute atomic E-state index is 13.7. The third-order valence-corrected chi connectivity index (χ3v) is 11.1. The molecule has 6 aromatic rings. The molecule has 3 heterocycles. The first kappa shape index (κ1) is 48.1. The van der Waals surface area contributed by atoms with Crippen LogP contribution in [-0.2, 0) is 9.47 Å². The smallest absolute Gasteiger partial charge is 0.338 e. The summed E-state index contributed by atoms with van der Waals surface area (Å²) >= 11 is 13.1. The summed E-state index contributed by atoms with van der Waals surface area (Å²) in [6.07, 6.45) is 0. The molecule has 22 heteroatoms. The van der Waals surface area contributed by atoms with Gasteiger partial charge in [0, 0.05) is 50.9 Å². The number of amides is 4. The number of rotatable bonds is 12. The molecule has 4 aromatic carbocycles. The van der Waals surface area contributed by atoms with Crippen LogP contribution in [0.25, 0.3) is 0 Å². The van der Waals surface area contributed by atoms with Gasteiger partial charge in [-0.25, -0.2) is 19.2 Å². The Labute approximate surface area is 402 Å². The summed E-state index contributed by atoms with van der Waals surface area (Å²) in [5.41, 5.74) is 3.88. The molecule has 2 atom stereocenters. The van der Waals surface area contributed by atoms with Crippen molar-refractivity contribution < 1.29 is 28.7 Å². The van der Waals surface area contributed by atoms with Crippen molar-refractivity contribution in [3.63, 3.8) is 0 Å². The molecule has 0 aliphatic carbocycles. The first-order valence-electron chi connectivity index (χ1n) is 21.2. The molecule has 352 valence electrons. The van der Waals surface area contributed by atoms with Crippen molar-refractivity contribution in [2.24, 2.45) is 0 Å². The van der Waals surface area contributed by atoms with Crippen molar-refractivity contribution in [3.8, 4) is 0 Å². The van der Waals surface area contributed by atoms with Gasteiger partial charge in [0.1, 0.15) is 13.2 Å². The second-order valence-electron chi connectivity index (χ2n) is 15.5. The van der Waals surface area contributed by atoms with Crippen LogP contribution in [0.4, 0.5) is 56.1 Å². The van der Waals surface area contributed by atoms with Crippen molar-refractivity contribution in [3.05, 3.63) is 130 Å². The summed E-state index contributed by atoms with van der Waals surface area (Å²) in [7, 11) is 6.71. The van der Waals surface area contributed by atoms with Crippen LogP contribution in [0.2, 0.25) is 10.6 Å². The number of ether oxygens (including phenoxy) is 2. The largest absolute Gasteiger partial charge is 0.460 e. The molecule has 20 nitrogen and oxygen atoms in total. The fourth-order valence-electron chi connectivity index (χ4n) is 6.85. The molecule has 1 aliphatic rings. The van der Waals surface area contributed by atoms with Gasteiger partial charge in [0.2, 0.25) is 34.4 Å². The molecule has 0 fully saturated rings. The van der Waals surface area contributed by atoms with Gasteiger partial charge in [0.25, 0.3) is 0 Å². The maximum atomic E-state index is 13.7. The Kier molecular flexibility index (Phi) is 15.3. The van der Waals surface area contributed by atoms with Gasteiger partial charge >= 0.3 is 24.0 Å². The Morgan fingerprint density at radius 3 is 1.12 bits per heavy atom. The van der Waals surface area contributed by atoms with Crippen LogP contribution in [0, 0.1) is 0 Å². The average Bonchev–Trinajstić information content (AvgIpc) is 3.35. The molecule has 4 N–H and O–H groups in total. The minimum absolute atomic E-state index is 0.0440. The third kappa shape index (κ3) is 11.9. The second kappa shape index (κ2) is 21.6. The highest BCUT2D eigenvalue weighted by Crippen LogP contribution is 2.35. The number of fused-ring (bicyclic) bond motifs is 8. The molecular formula is C46H48Cl2N14O6. The van der Waals surface area contributed by atoms with E-state index in [-0.39, 0.29) is 83.9 Å². The standard InChI is InChI=1S/C46H48Cl2N14O6/c1-27(29-13-9-7-10-14-29)51-45(65)49-17-19-67-37(63)31-21-33-25-34(22-31)60(4)42-54-40(48)56-44(58-42)62(6)36-24-32(23-35(26-36)61(5)43-55-39(47)53-41(57-43)59(33)3)38(64)68-20-18-50-46(66)52-28(2)30-15-11-8-12-16-30/h7-16,21-28H,17-20H2,1-6H3,(H2,49,51,65)(H2,50,52,66)/t27-,28-/m0/s1. The summed E-state index contributed by atoms with van der Waals surface area (Å²) in [6, 6.07) is 27.5. The van der Waals surface area contributed by atoms with Gasteiger partial charge in [-0.3, -0.25) is 0 Å². The monoisotopic (exact) mass is 962 g/mol. The zero-order chi connectivity index (χ0) is 48.5. The van der Waals surface area contributed by atoms with Gasteiger partial charge in [0.05, 0.1) is 36.3 Å². The normalized spacial score (nSPS) is 12.9. The van der Waals surface area contributed by atoms with E-state index < -0.39 is 24.0 Å². The minimum Gasteiger partial charge on any atom is -0.460 e. The van der Waals surface area contributed by atoms with E-state index in [1.807, 2.05) is 74.5 Å². The third-order valence-electron chi connectivity index (χ3n) is 10.7. The fourth-order valence-corrected chi connectivity index (χ4v) is 7.15. The fraction of sp³-hybridized carbons (Fsp3) is 0.261. The quantitative estimate of drug-likeness (QED) is 0.0704. The van der Waals surface area contributed by atoms with Gasteiger partial charge in [-0.1, -0.05) is 60.7 Å². The Morgan fingerprint density at radius 2 is 0.809 bits per heavy atom. The summed E-state index contributed by atoms with van der Waals surface area (Å²) in [6.45, 7) is 3.57. The number of carbonyl (C=O) groups is 4. The van der Waals surface area contributed by atoms with Gasteiger partial charge in [-0.15, -0.1) is 0 Å². The van der Waals surface area contributed by atoms with E-state index in [0.29, 0.717) is 22.7 Å². The highest BCUT2D eigenvalue weighted by Gasteiger charge is 2.24. The Hall–Kier alpha value is -7.84. The predicted octanol–water partition coefficient (Wildman–Crippen LogP) is 7.18. The lowest BCUT2D eigenvalue weighted by molar-refractivity contribution is 0.0502. The van der Waals surface area contributed by atoms with Crippen LogP contribution >= 0.6 is 23.2 Å². The molecule has 8 bridgehead atoms. The van der Waals surface area contributed by atoms with Crippen LogP contribution in [0.3, 0.4) is 0 Å². The number of benzene rings is 4. The number of nitrogens with zero attached hydrogens (tertiary/aromatic N) is 10. The van der Waals surface area contributed by atoms with E-state index in [4.69, 9.17) is 42.6 Å². The molecule has 4 amide bonds. The molecule has 0 unspecified atom stereocenters. The number of nitrogens with one attached hydrogen (secondary N) is 4. The van der Waals surface area contributed by atoms with Crippen molar-refractivity contribution in [1.29, 1.82) is 0 Å². The first-order valence-corrected chi connectivity index (χ1v) is 22.0. The van der Waals surface area contributed by atoms with E-state index in [1.165, 1.54) is 0 Å². The first-order chi connectivity index (χ1) is 32.6. The summed E-state index contributed by atoms with van der Waals surface area (Å²) < 4.78 is 11.2. The number of aromatic nitrogens is 6. The van der Waals surface area contributed by atoms with Crippen molar-refractivity contribution in [2.45, 2.75) is 25.9 Å². The average molecular weight is 964 g/mol. The number of hydrogen-bond donors (Lipinski definition) is 4. The number of urea groups is 2. The van der Waals surface area contributed by atoms with E-state index in [9.17, 15) is 19.2 Å². The number of hydrogen-bond acceptors (Lipinski definition) is 16. The summed E-state index contributed by atoms with van der Waals surface area (Å²) in [5, 5.41) is 10.9. The van der Waals surface area contributed by atoms with Crippen molar-refractivity contribution >= 4 is 93.7 Å². The van der Waals surface area contributed by atoms with Gasteiger partial charge in [0.15, 0.2) is 0 Å². The number of esters is 2. The summed E-state index contributed by atoms with van der Waals surface area (Å²) in [4.78, 5) is 86.0. The second-order valence-corrected chi connectivity index (χ2v) is 16.1. The highest BCUT2D eigenvalue weighted by atomic mass is 35.5. The lowest BCUT2D eigenvalue weighted by Gasteiger charge is -2.26. The van der Waals surface area contributed by atoms with Crippen LogP contribution in [0.15, 0.2) is 97.1 Å². The highest BCUT2D eigenvalue weighted by molar-refractivity contribution is 6.28. The van der Waals surface area contributed by atoms with Crippen LogP contribution in [0.5, 0.6) is 0 Å². The van der Waals surface area contributed by atoms with Crippen LogP contribution in [-0.4, -0.2) is 108 Å². The zero-order valence-corrected chi connectivity index (χ0v) is 39.4. The predicted molar refractivity (Wildman–Crippen MR) is 258 cm³/mol. The molecule has 2 aromatic heterocycles. The van der Waals surface area contributed by atoms with E-state index in [2.05, 4.69) is 41.2 Å².